The van der Waals surface area contributed by atoms with Crippen molar-refractivity contribution in [3.05, 3.63) is 42.5 Å². The number of nitrogens with zero attached hydrogens (tertiary/aromatic N) is 3. The lowest BCUT2D eigenvalue weighted by Gasteiger charge is -2.10. The highest BCUT2D eigenvalue weighted by Crippen LogP contribution is 2.22. The molecular weight excluding hydrogens is 405 g/mol. The predicted octanol–water partition coefficient (Wildman–Crippen LogP) is 3.03. The smallest absolute Gasteiger partial charge is 0.193 e. The number of hydrogen-bond donors (Lipinski definition) is 2. The molecule has 0 amide bonds. The molecule has 0 aliphatic carbocycles. The zero-order valence-electron chi connectivity index (χ0n) is 13.5. The third-order valence-electron chi connectivity index (χ3n) is 3.38. The summed E-state index contributed by atoms with van der Waals surface area (Å²) >= 11 is 0. The lowest BCUT2D eigenvalue weighted by molar-refractivity contribution is 0.417. The van der Waals surface area contributed by atoms with E-state index in [1.165, 1.54) is 0 Å². The first-order valence-corrected chi connectivity index (χ1v) is 7.38. The number of unbranched alkanes of at least 4 members (excludes halogenated alkanes) is 1. The highest BCUT2D eigenvalue weighted by Gasteiger charge is 2.02. The number of methoxy groups -OCH3 is 1. The molecule has 0 bridgehead atoms. The van der Waals surface area contributed by atoms with Gasteiger partial charge in [-0.2, -0.15) is 0 Å². The van der Waals surface area contributed by atoms with Gasteiger partial charge in [0.2, 0.25) is 0 Å². The average Bonchev–Trinajstić information content (AvgIpc) is 2.93. The summed E-state index contributed by atoms with van der Waals surface area (Å²) in [6.45, 7) is 3.66. The number of aryl methyl sites for hydroxylation is 2. The molecule has 0 aliphatic rings. The Morgan fingerprint density at radius 2 is 2.13 bits per heavy atom. The molecule has 1 aromatic carbocycles. The molecule has 1 aromatic heterocycles. The molecular formula is C16H24IN5O. The first-order valence-electron chi connectivity index (χ1n) is 7.38. The highest BCUT2D eigenvalue weighted by molar-refractivity contribution is 14.0. The Bertz CT molecular complexity index is 626. The first-order chi connectivity index (χ1) is 10.7. The number of ether oxygens (including phenoxy) is 1. The van der Waals surface area contributed by atoms with Gasteiger partial charge < -0.3 is 20.4 Å². The number of guanidine groups is 1. The van der Waals surface area contributed by atoms with Crippen molar-refractivity contribution in [3.63, 3.8) is 0 Å². The topological polar surface area (TPSA) is 77.5 Å². The van der Waals surface area contributed by atoms with E-state index in [4.69, 9.17) is 10.5 Å². The molecule has 0 radical (unpaired) electrons. The SMILES string of the molecule is COc1ccccc1NC(N)=NCCCCn1ccnc1C.I. The number of anilines is 1. The van der Waals surface area contributed by atoms with Crippen LogP contribution in [0.3, 0.4) is 0 Å². The van der Waals surface area contributed by atoms with Crippen molar-refractivity contribution in [2.45, 2.75) is 26.3 Å². The minimum Gasteiger partial charge on any atom is -0.495 e. The third kappa shape index (κ3) is 6.09. The summed E-state index contributed by atoms with van der Waals surface area (Å²) in [5, 5.41) is 3.06. The van der Waals surface area contributed by atoms with Gasteiger partial charge in [0, 0.05) is 25.5 Å². The number of rotatable bonds is 7. The number of imidazole rings is 1. The second-order valence-corrected chi connectivity index (χ2v) is 4.97. The van der Waals surface area contributed by atoms with Crippen LogP contribution in [0.1, 0.15) is 18.7 Å². The molecule has 3 N–H and O–H groups in total. The van der Waals surface area contributed by atoms with Crippen LogP contribution in [0, 0.1) is 6.92 Å². The monoisotopic (exact) mass is 429 g/mol. The van der Waals surface area contributed by atoms with Crippen molar-refractivity contribution in [1.82, 2.24) is 9.55 Å². The van der Waals surface area contributed by atoms with E-state index in [0.717, 1.165) is 36.6 Å². The van der Waals surface area contributed by atoms with Crippen molar-refractivity contribution in [2.75, 3.05) is 19.0 Å². The van der Waals surface area contributed by atoms with Crippen LogP contribution in [0.2, 0.25) is 0 Å². The Balaban J connectivity index is 0.00000264. The minimum atomic E-state index is 0. The number of benzene rings is 1. The van der Waals surface area contributed by atoms with Gasteiger partial charge in [0.05, 0.1) is 12.8 Å². The van der Waals surface area contributed by atoms with Gasteiger partial charge in [-0.15, -0.1) is 24.0 Å². The van der Waals surface area contributed by atoms with Crippen LogP contribution in [-0.2, 0) is 6.54 Å². The Labute approximate surface area is 154 Å². The van der Waals surface area contributed by atoms with E-state index in [0.29, 0.717) is 12.5 Å². The van der Waals surface area contributed by atoms with Crippen LogP contribution in [0.15, 0.2) is 41.7 Å². The van der Waals surface area contributed by atoms with Gasteiger partial charge in [0.15, 0.2) is 5.96 Å². The standard InChI is InChI=1S/C16H23N5O.HI/c1-13-18-10-12-21(13)11-6-5-9-19-16(17)20-14-7-3-4-8-15(14)22-2;/h3-4,7-8,10,12H,5-6,9,11H2,1-2H3,(H3,17,19,20);1H. The molecule has 0 saturated carbocycles. The van der Waals surface area contributed by atoms with Crippen LogP contribution in [0.4, 0.5) is 5.69 Å². The summed E-state index contributed by atoms with van der Waals surface area (Å²) in [6.07, 6.45) is 5.84. The maximum absolute atomic E-state index is 5.90. The van der Waals surface area contributed by atoms with Crippen molar-refractivity contribution in [3.8, 4) is 5.75 Å². The molecule has 23 heavy (non-hydrogen) atoms. The molecule has 1 heterocycles. The number of aliphatic imine (C=N–C) groups is 1. The van der Waals surface area contributed by atoms with Gasteiger partial charge in [0.1, 0.15) is 11.6 Å². The molecule has 2 aromatic rings. The van der Waals surface area contributed by atoms with Crippen LogP contribution < -0.4 is 15.8 Å². The molecule has 6 nitrogen and oxygen atoms in total. The van der Waals surface area contributed by atoms with Crippen LogP contribution in [0.5, 0.6) is 5.75 Å². The van der Waals surface area contributed by atoms with E-state index >= 15 is 0 Å². The van der Waals surface area contributed by atoms with Gasteiger partial charge >= 0.3 is 0 Å². The Morgan fingerprint density at radius 3 is 2.83 bits per heavy atom. The van der Waals surface area contributed by atoms with Crippen LogP contribution in [0.25, 0.3) is 0 Å². The number of halogens is 1. The summed E-state index contributed by atoms with van der Waals surface area (Å²) in [4.78, 5) is 8.54. The minimum absolute atomic E-state index is 0. The normalized spacial score (nSPS) is 11.0. The van der Waals surface area contributed by atoms with Crippen molar-refractivity contribution < 1.29 is 4.74 Å². The summed E-state index contributed by atoms with van der Waals surface area (Å²) < 4.78 is 7.40. The Hall–Kier alpha value is -1.77. The molecule has 0 atom stereocenters. The molecule has 7 heteroatoms. The molecule has 0 saturated heterocycles. The van der Waals surface area contributed by atoms with Crippen molar-refractivity contribution in [2.24, 2.45) is 10.7 Å². The summed E-state index contributed by atoms with van der Waals surface area (Å²) in [5.41, 5.74) is 6.72. The zero-order valence-corrected chi connectivity index (χ0v) is 15.9. The van der Waals surface area contributed by atoms with Crippen LogP contribution >= 0.6 is 24.0 Å². The molecule has 0 aliphatic heterocycles. The molecule has 0 unspecified atom stereocenters. The Morgan fingerprint density at radius 1 is 1.35 bits per heavy atom. The van der Waals surface area contributed by atoms with Crippen molar-refractivity contribution in [1.29, 1.82) is 0 Å². The predicted molar refractivity (Wildman–Crippen MR) is 105 cm³/mol. The first kappa shape index (κ1) is 19.3. The Kier molecular flexibility index (Phi) is 8.46. The van der Waals surface area contributed by atoms with E-state index in [2.05, 4.69) is 19.9 Å². The summed E-state index contributed by atoms with van der Waals surface area (Å²) in [6, 6.07) is 7.62. The van der Waals surface area contributed by atoms with Gasteiger partial charge in [-0.3, -0.25) is 4.99 Å². The molecule has 0 spiro atoms. The summed E-state index contributed by atoms with van der Waals surface area (Å²) in [7, 11) is 1.63. The average molecular weight is 429 g/mol. The van der Waals surface area contributed by atoms with E-state index in [9.17, 15) is 0 Å². The molecule has 126 valence electrons. The largest absolute Gasteiger partial charge is 0.495 e. The fourth-order valence-corrected chi connectivity index (χ4v) is 2.16. The number of nitrogens with two attached hydrogens (primary N) is 1. The number of para-hydroxylation sites is 2. The lowest BCUT2D eigenvalue weighted by Crippen LogP contribution is -2.23. The fourth-order valence-electron chi connectivity index (χ4n) is 2.16. The number of hydrogen-bond acceptors (Lipinski definition) is 3. The highest BCUT2D eigenvalue weighted by atomic mass is 127. The van der Waals surface area contributed by atoms with Gasteiger partial charge in [0.25, 0.3) is 0 Å². The quantitative estimate of drug-likeness (QED) is 0.307. The van der Waals surface area contributed by atoms with Gasteiger partial charge in [-0.1, -0.05) is 12.1 Å². The summed E-state index contributed by atoms with van der Waals surface area (Å²) in [5.74, 6) is 2.19. The van der Waals surface area contributed by atoms with Gasteiger partial charge in [-0.25, -0.2) is 4.98 Å². The molecule has 2 rings (SSSR count). The second kappa shape index (κ2) is 10.1. The van der Waals surface area contributed by atoms with Crippen LogP contribution in [-0.4, -0.2) is 29.2 Å². The number of aromatic nitrogens is 2. The molecule has 0 fully saturated rings. The maximum Gasteiger partial charge on any atom is 0.193 e. The van der Waals surface area contributed by atoms with E-state index in [1.807, 2.05) is 43.6 Å². The van der Waals surface area contributed by atoms with Gasteiger partial charge in [-0.05, 0) is 31.9 Å². The zero-order chi connectivity index (χ0) is 15.8. The maximum atomic E-state index is 5.90. The lowest BCUT2D eigenvalue weighted by atomic mass is 10.3. The number of nitrogens with one attached hydrogen (secondary N) is 1. The van der Waals surface area contributed by atoms with E-state index < -0.39 is 0 Å². The van der Waals surface area contributed by atoms with E-state index in [1.54, 1.807) is 7.11 Å². The van der Waals surface area contributed by atoms with Crippen molar-refractivity contribution >= 4 is 35.6 Å². The second-order valence-electron chi connectivity index (χ2n) is 4.97. The van der Waals surface area contributed by atoms with E-state index in [-0.39, 0.29) is 24.0 Å². The third-order valence-corrected chi connectivity index (χ3v) is 3.38. The fraction of sp³-hybridized carbons (Fsp3) is 0.375.